The second-order valence-corrected chi connectivity index (χ2v) is 4.65. The van der Waals surface area contributed by atoms with E-state index in [4.69, 9.17) is 0 Å². The largest absolute Gasteiger partial charge is 0.325 e. The molecule has 1 aliphatic heterocycles. The Kier molecular flexibility index (Phi) is 4.66. The molecular formula is C13H20N4O. The van der Waals surface area contributed by atoms with Gasteiger partial charge in [0.2, 0.25) is 5.91 Å². The normalized spacial score (nSPS) is 20.6. The first kappa shape index (κ1) is 13.0. The monoisotopic (exact) mass is 248 g/mol. The average molecular weight is 248 g/mol. The molecule has 0 saturated carbocycles. The lowest BCUT2D eigenvalue weighted by atomic mass is 10.1. The second kappa shape index (κ2) is 6.47. The zero-order chi connectivity index (χ0) is 12.8. The molecule has 98 valence electrons. The van der Waals surface area contributed by atoms with Crippen molar-refractivity contribution in [3.63, 3.8) is 0 Å². The Morgan fingerprint density at radius 3 is 3.00 bits per heavy atom. The number of likely N-dealkylation sites (N-methyl/N-ethyl adjacent to an activating group) is 1. The fraction of sp³-hybridized carbons (Fsp3) is 0.538. The fourth-order valence-corrected chi connectivity index (χ4v) is 2.27. The Morgan fingerprint density at radius 2 is 2.28 bits per heavy atom. The number of likely N-dealkylation sites (tertiary alicyclic amines) is 1. The predicted octanol–water partition coefficient (Wildman–Crippen LogP) is 0.704. The zero-order valence-corrected chi connectivity index (χ0v) is 10.7. The van der Waals surface area contributed by atoms with Crippen LogP contribution in [0.1, 0.15) is 12.8 Å². The standard InChI is InChI=1S/C13H20N4O/c1-14-12-3-2-8-17(9-12)10-13(18)16-11-4-6-15-7-5-11/h4-7,12,14H,2-3,8-10H2,1H3,(H,15,16,18). The first-order chi connectivity index (χ1) is 8.78. The number of piperidine rings is 1. The third kappa shape index (κ3) is 3.78. The summed E-state index contributed by atoms with van der Waals surface area (Å²) in [5.41, 5.74) is 0.803. The lowest BCUT2D eigenvalue weighted by Crippen LogP contribution is -2.46. The summed E-state index contributed by atoms with van der Waals surface area (Å²) in [5.74, 6) is 0.0398. The molecule has 5 heteroatoms. The highest BCUT2D eigenvalue weighted by atomic mass is 16.2. The molecule has 0 radical (unpaired) electrons. The van der Waals surface area contributed by atoms with Gasteiger partial charge >= 0.3 is 0 Å². The molecule has 1 fully saturated rings. The third-order valence-electron chi connectivity index (χ3n) is 3.25. The predicted molar refractivity (Wildman–Crippen MR) is 71.4 cm³/mol. The molecule has 2 N–H and O–H groups in total. The highest BCUT2D eigenvalue weighted by Crippen LogP contribution is 2.10. The van der Waals surface area contributed by atoms with Crippen LogP contribution < -0.4 is 10.6 Å². The first-order valence-corrected chi connectivity index (χ1v) is 6.37. The Hall–Kier alpha value is -1.46. The van der Waals surface area contributed by atoms with Crippen LogP contribution in [0.15, 0.2) is 24.5 Å². The van der Waals surface area contributed by atoms with Crippen LogP contribution in [0.4, 0.5) is 5.69 Å². The van der Waals surface area contributed by atoms with Gasteiger partial charge in [0.1, 0.15) is 0 Å². The van der Waals surface area contributed by atoms with Crippen LogP contribution in [0.2, 0.25) is 0 Å². The van der Waals surface area contributed by atoms with Crippen LogP contribution >= 0.6 is 0 Å². The Bertz CT molecular complexity index is 382. The maximum Gasteiger partial charge on any atom is 0.238 e. The van der Waals surface area contributed by atoms with Crippen molar-refractivity contribution >= 4 is 11.6 Å². The average Bonchev–Trinajstić information content (AvgIpc) is 2.40. The van der Waals surface area contributed by atoms with Crippen LogP contribution in [-0.4, -0.2) is 48.5 Å². The quantitative estimate of drug-likeness (QED) is 0.823. The molecule has 1 saturated heterocycles. The van der Waals surface area contributed by atoms with Crippen LogP contribution in [-0.2, 0) is 4.79 Å². The molecule has 2 rings (SSSR count). The van der Waals surface area contributed by atoms with Gasteiger partial charge in [-0.25, -0.2) is 0 Å². The molecule has 1 unspecified atom stereocenters. The Labute approximate surface area is 108 Å². The third-order valence-corrected chi connectivity index (χ3v) is 3.25. The van der Waals surface area contributed by atoms with E-state index >= 15 is 0 Å². The molecule has 1 aromatic heterocycles. The van der Waals surface area contributed by atoms with Crippen molar-refractivity contribution in [2.75, 3.05) is 32.0 Å². The SMILES string of the molecule is CNC1CCCN(CC(=O)Nc2ccncc2)C1. The zero-order valence-electron chi connectivity index (χ0n) is 10.7. The number of nitrogens with one attached hydrogen (secondary N) is 2. The van der Waals surface area contributed by atoms with E-state index < -0.39 is 0 Å². The minimum Gasteiger partial charge on any atom is -0.325 e. The van der Waals surface area contributed by atoms with E-state index in [9.17, 15) is 4.79 Å². The van der Waals surface area contributed by atoms with E-state index in [1.807, 2.05) is 7.05 Å². The van der Waals surface area contributed by atoms with Gasteiger partial charge in [0.05, 0.1) is 6.54 Å². The lowest BCUT2D eigenvalue weighted by molar-refractivity contribution is -0.117. The van der Waals surface area contributed by atoms with Gasteiger partial charge in [0.25, 0.3) is 0 Å². The molecule has 1 aromatic rings. The maximum absolute atomic E-state index is 11.9. The van der Waals surface area contributed by atoms with E-state index in [1.54, 1.807) is 24.5 Å². The van der Waals surface area contributed by atoms with Crippen LogP contribution in [0.5, 0.6) is 0 Å². The van der Waals surface area contributed by atoms with Crippen molar-refractivity contribution in [1.29, 1.82) is 0 Å². The van der Waals surface area contributed by atoms with Crippen molar-refractivity contribution < 1.29 is 4.79 Å². The van der Waals surface area contributed by atoms with E-state index in [2.05, 4.69) is 20.5 Å². The summed E-state index contributed by atoms with van der Waals surface area (Å²) in [6.07, 6.45) is 5.69. The lowest BCUT2D eigenvalue weighted by Gasteiger charge is -2.31. The van der Waals surface area contributed by atoms with E-state index in [0.29, 0.717) is 12.6 Å². The van der Waals surface area contributed by atoms with Crippen molar-refractivity contribution in [2.24, 2.45) is 0 Å². The Balaban J connectivity index is 1.80. The number of hydrogen-bond acceptors (Lipinski definition) is 4. The van der Waals surface area contributed by atoms with Gasteiger partial charge in [-0.15, -0.1) is 0 Å². The minimum atomic E-state index is 0.0398. The summed E-state index contributed by atoms with van der Waals surface area (Å²) in [5, 5.41) is 6.16. The number of carbonyl (C=O) groups is 1. The van der Waals surface area contributed by atoms with Crippen LogP contribution in [0, 0.1) is 0 Å². The van der Waals surface area contributed by atoms with Gasteiger partial charge in [0, 0.05) is 30.7 Å². The number of rotatable bonds is 4. The summed E-state index contributed by atoms with van der Waals surface area (Å²) in [6.45, 7) is 2.41. The summed E-state index contributed by atoms with van der Waals surface area (Å²) >= 11 is 0. The van der Waals surface area contributed by atoms with Crippen LogP contribution in [0.3, 0.4) is 0 Å². The second-order valence-electron chi connectivity index (χ2n) is 4.65. The van der Waals surface area contributed by atoms with E-state index in [1.165, 1.54) is 6.42 Å². The smallest absolute Gasteiger partial charge is 0.238 e. The summed E-state index contributed by atoms with van der Waals surface area (Å²) in [4.78, 5) is 18.0. The summed E-state index contributed by atoms with van der Waals surface area (Å²) in [7, 11) is 1.98. The molecule has 5 nitrogen and oxygen atoms in total. The number of pyridine rings is 1. The molecule has 1 amide bonds. The molecule has 0 spiro atoms. The maximum atomic E-state index is 11.9. The van der Waals surface area contributed by atoms with Gasteiger partial charge in [-0.05, 0) is 38.6 Å². The number of hydrogen-bond donors (Lipinski definition) is 2. The highest BCUT2D eigenvalue weighted by Gasteiger charge is 2.20. The van der Waals surface area contributed by atoms with Crippen molar-refractivity contribution in [1.82, 2.24) is 15.2 Å². The molecule has 0 aliphatic carbocycles. The highest BCUT2D eigenvalue weighted by molar-refractivity contribution is 5.92. The van der Waals surface area contributed by atoms with Crippen LogP contribution in [0.25, 0.3) is 0 Å². The minimum absolute atomic E-state index is 0.0398. The molecule has 0 aromatic carbocycles. The number of anilines is 1. The van der Waals surface area contributed by atoms with Gasteiger partial charge in [-0.2, -0.15) is 0 Å². The summed E-state index contributed by atoms with van der Waals surface area (Å²) < 4.78 is 0. The van der Waals surface area contributed by atoms with Gasteiger partial charge in [-0.3, -0.25) is 14.7 Å². The van der Waals surface area contributed by atoms with Crippen molar-refractivity contribution in [2.45, 2.75) is 18.9 Å². The topological polar surface area (TPSA) is 57.3 Å². The molecule has 0 bridgehead atoms. The van der Waals surface area contributed by atoms with Crippen molar-refractivity contribution in [3.8, 4) is 0 Å². The van der Waals surface area contributed by atoms with E-state index in [0.717, 1.165) is 25.2 Å². The number of amides is 1. The number of carbonyl (C=O) groups excluding carboxylic acids is 1. The molecule has 1 atom stereocenters. The molecular weight excluding hydrogens is 228 g/mol. The molecule has 1 aliphatic rings. The fourth-order valence-electron chi connectivity index (χ4n) is 2.27. The van der Waals surface area contributed by atoms with Gasteiger partial charge in [0.15, 0.2) is 0 Å². The molecule has 2 heterocycles. The number of nitrogens with zero attached hydrogens (tertiary/aromatic N) is 2. The number of aromatic nitrogens is 1. The first-order valence-electron chi connectivity index (χ1n) is 6.37. The molecule has 18 heavy (non-hydrogen) atoms. The van der Waals surface area contributed by atoms with Gasteiger partial charge < -0.3 is 10.6 Å². The van der Waals surface area contributed by atoms with Gasteiger partial charge in [-0.1, -0.05) is 0 Å². The van der Waals surface area contributed by atoms with Crippen molar-refractivity contribution in [3.05, 3.63) is 24.5 Å². The Morgan fingerprint density at radius 1 is 1.50 bits per heavy atom. The summed E-state index contributed by atoms with van der Waals surface area (Å²) in [6, 6.07) is 4.10. The van der Waals surface area contributed by atoms with E-state index in [-0.39, 0.29) is 5.91 Å².